The van der Waals surface area contributed by atoms with Gasteiger partial charge in [0.25, 0.3) is 0 Å². The van der Waals surface area contributed by atoms with Gasteiger partial charge in [0, 0.05) is 6.42 Å². The smallest absolute Gasteiger partial charge is 0.303 e. The molecule has 54 valence electrons. The van der Waals surface area contributed by atoms with Gasteiger partial charge in [0.1, 0.15) is 0 Å². The number of carboxylic acids is 1. The van der Waals surface area contributed by atoms with Crippen molar-refractivity contribution in [1.29, 1.82) is 0 Å². The highest BCUT2D eigenvalue weighted by Crippen LogP contribution is 2.01. The fourth-order valence-corrected chi connectivity index (χ4v) is 0.868. The molecule has 0 aliphatic rings. The zero-order valence-electron chi connectivity index (χ0n) is 5.04. The van der Waals surface area contributed by atoms with Crippen LogP contribution in [0.4, 0.5) is 0 Å². The summed E-state index contributed by atoms with van der Waals surface area (Å²) in [6.07, 6.45) is 0.841. The van der Waals surface area contributed by atoms with Crippen molar-refractivity contribution in [3.8, 4) is 0 Å². The third-order valence-electron chi connectivity index (χ3n) is 0.771. The van der Waals surface area contributed by atoms with Gasteiger partial charge < -0.3 is 10.2 Å². The normalized spacial score (nSPS) is 9.44. The van der Waals surface area contributed by atoms with Crippen LogP contribution in [-0.2, 0) is 4.79 Å². The lowest BCUT2D eigenvalue weighted by molar-refractivity contribution is -0.137. The average Bonchev–Trinajstić information content (AvgIpc) is 1.80. The Hall–Kier alpha value is -0.220. The number of carbonyl (C=O) groups is 1. The Morgan fingerprint density at radius 1 is 1.56 bits per heavy atom. The van der Waals surface area contributed by atoms with Crippen LogP contribution in [0.1, 0.15) is 12.8 Å². The Morgan fingerprint density at radius 2 is 2.22 bits per heavy atom. The molecule has 0 saturated heterocycles. The molecule has 0 aromatic rings. The molecular formula is C5H10O3S. The van der Waals surface area contributed by atoms with Gasteiger partial charge >= 0.3 is 5.97 Å². The van der Waals surface area contributed by atoms with Gasteiger partial charge in [-0.1, -0.05) is 0 Å². The van der Waals surface area contributed by atoms with Crippen LogP contribution in [0.15, 0.2) is 0 Å². The summed E-state index contributed by atoms with van der Waals surface area (Å²) in [6, 6.07) is 0. The topological polar surface area (TPSA) is 57.5 Å². The molecule has 0 rings (SSSR count). The molecule has 0 bridgehead atoms. The summed E-state index contributed by atoms with van der Waals surface area (Å²) in [5.74, 6) is 0.0381. The van der Waals surface area contributed by atoms with Gasteiger partial charge in [0.15, 0.2) is 0 Å². The molecule has 0 heterocycles. The summed E-state index contributed by atoms with van der Waals surface area (Å²) in [5.41, 5.74) is 0. The number of carboxylic acid groups (broad SMARTS) is 1. The second kappa shape index (κ2) is 5.91. The standard InChI is InChI=1S/C5H10O3S/c6-4-9-3-1-2-5(7)8/h6H,1-4H2,(H,7,8). The molecule has 0 spiro atoms. The van der Waals surface area contributed by atoms with Gasteiger partial charge in [-0.3, -0.25) is 4.79 Å². The molecule has 2 N–H and O–H groups in total. The largest absolute Gasteiger partial charge is 0.481 e. The monoisotopic (exact) mass is 150 g/mol. The van der Waals surface area contributed by atoms with Crippen molar-refractivity contribution in [3.63, 3.8) is 0 Å². The maximum atomic E-state index is 9.89. The van der Waals surface area contributed by atoms with E-state index in [0.29, 0.717) is 6.42 Å². The lowest BCUT2D eigenvalue weighted by Crippen LogP contribution is -1.94. The summed E-state index contributed by atoms with van der Waals surface area (Å²) in [6.45, 7) is 0. The molecule has 0 aliphatic heterocycles. The number of aliphatic hydroxyl groups is 1. The Labute approximate surface area is 58.1 Å². The van der Waals surface area contributed by atoms with Crippen LogP contribution in [0.2, 0.25) is 0 Å². The zero-order chi connectivity index (χ0) is 7.11. The van der Waals surface area contributed by atoms with Crippen molar-refractivity contribution in [1.82, 2.24) is 0 Å². The summed E-state index contributed by atoms with van der Waals surface area (Å²) >= 11 is 1.34. The van der Waals surface area contributed by atoms with E-state index in [4.69, 9.17) is 10.2 Å². The third kappa shape index (κ3) is 7.78. The summed E-state index contributed by atoms with van der Waals surface area (Å²) < 4.78 is 0. The fraction of sp³-hybridized carbons (Fsp3) is 0.800. The molecule has 0 aromatic carbocycles. The number of rotatable bonds is 5. The molecule has 0 atom stereocenters. The van der Waals surface area contributed by atoms with Crippen LogP contribution in [0, 0.1) is 0 Å². The van der Waals surface area contributed by atoms with Gasteiger partial charge in [-0.25, -0.2) is 0 Å². The Kier molecular flexibility index (Phi) is 5.76. The van der Waals surface area contributed by atoms with Crippen molar-refractivity contribution in [3.05, 3.63) is 0 Å². The van der Waals surface area contributed by atoms with Crippen molar-refractivity contribution in [2.45, 2.75) is 12.8 Å². The van der Waals surface area contributed by atoms with Crippen LogP contribution in [0.3, 0.4) is 0 Å². The molecular weight excluding hydrogens is 140 g/mol. The molecule has 0 amide bonds. The maximum Gasteiger partial charge on any atom is 0.303 e. The molecule has 0 saturated carbocycles. The zero-order valence-corrected chi connectivity index (χ0v) is 5.86. The minimum absolute atomic E-state index is 0.0830. The fourth-order valence-electron chi connectivity index (χ4n) is 0.390. The number of hydrogen-bond donors (Lipinski definition) is 2. The molecule has 9 heavy (non-hydrogen) atoms. The van der Waals surface area contributed by atoms with E-state index in [0.717, 1.165) is 5.75 Å². The summed E-state index contributed by atoms with van der Waals surface area (Å²) in [5, 5.41) is 16.4. The highest BCUT2D eigenvalue weighted by Gasteiger charge is 1.94. The van der Waals surface area contributed by atoms with Crippen molar-refractivity contribution >= 4 is 17.7 Å². The second-order valence-electron chi connectivity index (χ2n) is 1.53. The van der Waals surface area contributed by atoms with Crippen LogP contribution in [0.25, 0.3) is 0 Å². The van der Waals surface area contributed by atoms with Crippen molar-refractivity contribution in [2.24, 2.45) is 0 Å². The summed E-state index contributed by atoms with van der Waals surface area (Å²) in [4.78, 5) is 9.89. The van der Waals surface area contributed by atoms with Gasteiger partial charge in [0.05, 0.1) is 5.94 Å². The van der Waals surface area contributed by atoms with Gasteiger partial charge in [-0.2, -0.15) is 0 Å². The molecule has 4 heteroatoms. The van der Waals surface area contributed by atoms with Crippen LogP contribution >= 0.6 is 11.8 Å². The van der Waals surface area contributed by atoms with E-state index in [1.807, 2.05) is 0 Å². The molecule has 0 aliphatic carbocycles. The summed E-state index contributed by atoms with van der Waals surface area (Å²) in [7, 11) is 0. The minimum Gasteiger partial charge on any atom is -0.481 e. The Morgan fingerprint density at radius 3 is 2.67 bits per heavy atom. The van der Waals surface area contributed by atoms with E-state index in [2.05, 4.69) is 0 Å². The van der Waals surface area contributed by atoms with Gasteiger partial charge in [-0.05, 0) is 12.2 Å². The predicted octanol–water partition coefficient (Wildman–Crippen LogP) is 0.534. The van der Waals surface area contributed by atoms with Gasteiger partial charge in [0.2, 0.25) is 0 Å². The molecule has 0 fully saturated rings. The lowest BCUT2D eigenvalue weighted by atomic mass is 10.3. The first kappa shape index (κ1) is 8.78. The molecule has 0 aromatic heterocycles. The maximum absolute atomic E-state index is 9.89. The molecule has 0 unspecified atom stereocenters. The molecule has 0 radical (unpaired) electrons. The number of hydrogen-bond acceptors (Lipinski definition) is 3. The molecule has 3 nitrogen and oxygen atoms in total. The van der Waals surface area contributed by atoms with Crippen LogP contribution < -0.4 is 0 Å². The highest BCUT2D eigenvalue weighted by atomic mass is 32.2. The van der Waals surface area contributed by atoms with E-state index < -0.39 is 5.97 Å². The van der Waals surface area contributed by atoms with E-state index >= 15 is 0 Å². The number of thioether (sulfide) groups is 1. The highest BCUT2D eigenvalue weighted by molar-refractivity contribution is 7.99. The third-order valence-corrected chi connectivity index (χ3v) is 1.53. The second-order valence-corrected chi connectivity index (χ2v) is 2.61. The quantitative estimate of drug-likeness (QED) is 0.443. The van der Waals surface area contributed by atoms with E-state index in [1.165, 1.54) is 11.8 Å². The Bertz CT molecular complexity index is 84.3. The predicted molar refractivity (Wildman–Crippen MR) is 36.4 cm³/mol. The SMILES string of the molecule is O=C(O)CCCSCO. The van der Waals surface area contributed by atoms with E-state index in [-0.39, 0.29) is 12.4 Å². The first-order valence-electron chi connectivity index (χ1n) is 2.67. The number of aliphatic carboxylic acids is 1. The Balaban J connectivity index is 2.83. The van der Waals surface area contributed by atoms with E-state index in [1.54, 1.807) is 0 Å². The van der Waals surface area contributed by atoms with Crippen LogP contribution in [-0.4, -0.2) is 27.9 Å². The minimum atomic E-state index is -0.770. The average molecular weight is 150 g/mol. The van der Waals surface area contributed by atoms with Crippen LogP contribution in [0.5, 0.6) is 0 Å². The van der Waals surface area contributed by atoms with E-state index in [9.17, 15) is 4.79 Å². The lowest BCUT2D eigenvalue weighted by Gasteiger charge is -1.92. The van der Waals surface area contributed by atoms with Gasteiger partial charge in [-0.15, -0.1) is 11.8 Å². The van der Waals surface area contributed by atoms with Crippen molar-refractivity contribution < 1.29 is 15.0 Å². The van der Waals surface area contributed by atoms with Crippen molar-refractivity contribution in [2.75, 3.05) is 11.7 Å². The number of aliphatic hydroxyl groups excluding tert-OH is 1. The first-order valence-corrected chi connectivity index (χ1v) is 3.83. The first-order chi connectivity index (χ1) is 4.27.